The molecule has 0 aliphatic carbocycles. The highest BCUT2D eigenvalue weighted by Crippen LogP contribution is 2.39. The number of carbonyl (C=O) groups excluding carboxylic acids is 1. The van der Waals surface area contributed by atoms with Crippen LogP contribution in [0.4, 0.5) is 11.6 Å². The Balaban J connectivity index is 1.76. The predicted octanol–water partition coefficient (Wildman–Crippen LogP) is 2.65. The lowest BCUT2D eigenvalue weighted by molar-refractivity contribution is -0.121. The van der Waals surface area contributed by atoms with Crippen LogP contribution < -0.4 is 15.4 Å². The van der Waals surface area contributed by atoms with Crippen LogP contribution in [0.2, 0.25) is 0 Å². The Morgan fingerprint density at radius 1 is 1.25 bits per heavy atom. The lowest BCUT2D eigenvalue weighted by atomic mass is 9.85. The standard InChI is InChI=1S/C20H21N5O3/c1-12-17(19(27)24-14-6-4-3-5-7-14)18(25-20(23-12)21-11-22-25)13-8-9-15(26)16(10-13)28-2/h3-12,17-18,26H,1-2H3,(H,24,27)(H,21,22,23)/t12-,17+,18-/m0/s1. The second-order valence-corrected chi connectivity index (χ2v) is 6.72. The van der Waals surface area contributed by atoms with Crippen LogP contribution in [-0.2, 0) is 4.79 Å². The van der Waals surface area contributed by atoms with E-state index in [1.165, 1.54) is 13.4 Å². The summed E-state index contributed by atoms with van der Waals surface area (Å²) >= 11 is 0. The zero-order valence-corrected chi connectivity index (χ0v) is 15.5. The Bertz CT molecular complexity index is 989. The Morgan fingerprint density at radius 3 is 2.79 bits per heavy atom. The summed E-state index contributed by atoms with van der Waals surface area (Å²) in [6.45, 7) is 1.94. The van der Waals surface area contributed by atoms with Gasteiger partial charge in [0.1, 0.15) is 6.33 Å². The maximum absolute atomic E-state index is 13.2. The second kappa shape index (κ2) is 7.22. The van der Waals surface area contributed by atoms with E-state index in [1.807, 2.05) is 37.3 Å². The maximum atomic E-state index is 13.2. The van der Waals surface area contributed by atoms with E-state index in [4.69, 9.17) is 4.74 Å². The number of para-hydroxylation sites is 1. The van der Waals surface area contributed by atoms with E-state index >= 15 is 0 Å². The van der Waals surface area contributed by atoms with Crippen molar-refractivity contribution in [1.82, 2.24) is 14.8 Å². The monoisotopic (exact) mass is 379 g/mol. The molecule has 1 amide bonds. The summed E-state index contributed by atoms with van der Waals surface area (Å²) in [5.41, 5.74) is 1.52. The van der Waals surface area contributed by atoms with Crippen molar-refractivity contribution in [3.8, 4) is 11.5 Å². The molecule has 2 aromatic carbocycles. The van der Waals surface area contributed by atoms with E-state index in [1.54, 1.807) is 22.9 Å². The van der Waals surface area contributed by atoms with Crippen LogP contribution in [0.25, 0.3) is 0 Å². The van der Waals surface area contributed by atoms with Gasteiger partial charge >= 0.3 is 0 Å². The molecule has 28 heavy (non-hydrogen) atoms. The number of hydrogen-bond acceptors (Lipinski definition) is 6. The first-order valence-electron chi connectivity index (χ1n) is 8.97. The topological polar surface area (TPSA) is 101 Å². The summed E-state index contributed by atoms with van der Waals surface area (Å²) in [5, 5.41) is 20.5. The third kappa shape index (κ3) is 3.13. The number of phenols is 1. The number of carbonyl (C=O) groups is 1. The van der Waals surface area contributed by atoms with Crippen molar-refractivity contribution in [3.63, 3.8) is 0 Å². The summed E-state index contributed by atoms with van der Waals surface area (Å²) in [6, 6.07) is 13.8. The van der Waals surface area contributed by atoms with Crippen LogP contribution in [0.3, 0.4) is 0 Å². The molecule has 144 valence electrons. The number of rotatable bonds is 4. The third-order valence-corrected chi connectivity index (χ3v) is 4.96. The molecule has 0 radical (unpaired) electrons. The zero-order valence-electron chi connectivity index (χ0n) is 15.5. The van der Waals surface area contributed by atoms with Crippen molar-refractivity contribution < 1.29 is 14.6 Å². The Hall–Kier alpha value is -3.55. The lowest BCUT2D eigenvalue weighted by Gasteiger charge is -2.37. The minimum Gasteiger partial charge on any atom is -0.504 e. The van der Waals surface area contributed by atoms with Crippen LogP contribution in [0, 0.1) is 5.92 Å². The number of aromatic nitrogens is 3. The van der Waals surface area contributed by atoms with Gasteiger partial charge in [0.05, 0.1) is 19.1 Å². The third-order valence-electron chi connectivity index (χ3n) is 4.96. The summed E-state index contributed by atoms with van der Waals surface area (Å²) < 4.78 is 6.95. The molecule has 0 unspecified atom stereocenters. The van der Waals surface area contributed by atoms with Crippen molar-refractivity contribution in [2.45, 2.75) is 19.0 Å². The van der Waals surface area contributed by atoms with Gasteiger partial charge in [0, 0.05) is 11.7 Å². The van der Waals surface area contributed by atoms with Gasteiger partial charge in [-0.1, -0.05) is 24.3 Å². The van der Waals surface area contributed by atoms with E-state index in [9.17, 15) is 9.90 Å². The number of phenolic OH excluding ortho intramolecular Hbond substituents is 1. The number of amides is 1. The molecule has 3 atom stereocenters. The van der Waals surface area contributed by atoms with Gasteiger partial charge in [0.15, 0.2) is 11.5 Å². The highest BCUT2D eigenvalue weighted by atomic mass is 16.5. The minimum atomic E-state index is -0.469. The van der Waals surface area contributed by atoms with Crippen LogP contribution in [-0.4, -0.2) is 38.9 Å². The van der Waals surface area contributed by atoms with Crippen molar-refractivity contribution in [2.75, 3.05) is 17.7 Å². The molecule has 8 nitrogen and oxygen atoms in total. The van der Waals surface area contributed by atoms with E-state index in [-0.39, 0.29) is 17.7 Å². The van der Waals surface area contributed by atoms with Gasteiger partial charge in [-0.2, -0.15) is 10.1 Å². The fraction of sp³-hybridized carbons (Fsp3) is 0.250. The van der Waals surface area contributed by atoms with Gasteiger partial charge in [0.2, 0.25) is 11.9 Å². The molecule has 8 heteroatoms. The van der Waals surface area contributed by atoms with Gasteiger partial charge in [-0.15, -0.1) is 0 Å². The first kappa shape index (κ1) is 17.8. The fourth-order valence-electron chi connectivity index (χ4n) is 3.62. The molecule has 3 N–H and O–H groups in total. The molecular weight excluding hydrogens is 358 g/mol. The summed E-state index contributed by atoms with van der Waals surface area (Å²) in [6.07, 6.45) is 1.46. The Labute approximate surface area is 162 Å². The molecule has 4 rings (SSSR count). The fourth-order valence-corrected chi connectivity index (χ4v) is 3.62. The molecule has 0 bridgehead atoms. The number of fused-ring (bicyclic) bond motifs is 1. The quantitative estimate of drug-likeness (QED) is 0.644. The van der Waals surface area contributed by atoms with Crippen LogP contribution in [0.15, 0.2) is 54.9 Å². The van der Waals surface area contributed by atoms with Gasteiger partial charge in [-0.05, 0) is 36.8 Å². The van der Waals surface area contributed by atoms with Crippen LogP contribution >= 0.6 is 0 Å². The number of nitrogens with zero attached hydrogens (tertiary/aromatic N) is 3. The van der Waals surface area contributed by atoms with E-state index in [0.29, 0.717) is 11.7 Å². The second-order valence-electron chi connectivity index (χ2n) is 6.72. The molecular formula is C20H21N5O3. The summed E-state index contributed by atoms with van der Waals surface area (Å²) in [5.74, 6) is 0.367. The van der Waals surface area contributed by atoms with Crippen LogP contribution in [0.5, 0.6) is 11.5 Å². The molecule has 2 heterocycles. The normalized spacial score (nSPS) is 20.7. The molecule has 1 aliphatic heterocycles. The molecule has 0 fully saturated rings. The molecule has 1 aliphatic rings. The number of methoxy groups -OCH3 is 1. The van der Waals surface area contributed by atoms with Gasteiger partial charge in [-0.25, -0.2) is 4.68 Å². The summed E-state index contributed by atoms with van der Waals surface area (Å²) in [7, 11) is 1.49. The number of hydrogen-bond donors (Lipinski definition) is 3. The smallest absolute Gasteiger partial charge is 0.232 e. The van der Waals surface area contributed by atoms with Gasteiger partial charge in [-0.3, -0.25) is 4.79 Å². The largest absolute Gasteiger partial charge is 0.504 e. The SMILES string of the molecule is COc1cc([C@H]2[C@H](C(=O)Nc3ccccc3)[C@H](C)Nc3ncnn32)ccc1O. The first-order chi connectivity index (χ1) is 13.6. The zero-order chi connectivity index (χ0) is 19.7. The summed E-state index contributed by atoms with van der Waals surface area (Å²) in [4.78, 5) is 17.5. The Kier molecular flexibility index (Phi) is 4.60. The number of aromatic hydroxyl groups is 1. The van der Waals surface area contributed by atoms with Crippen molar-refractivity contribution in [2.24, 2.45) is 5.92 Å². The Morgan fingerprint density at radius 2 is 2.04 bits per heavy atom. The van der Waals surface area contributed by atoms with Crippen molar-refractivity contribution in [1.29, 1.82) is 0 Å². The molecule has 0 saturated heterocycles. The highest BCUT2D eigenvalue weighted by Gasteiger charge is 2.41. The average Bonchev–Trinajstić information content (AvgIpc) is 3.16. The maximum Gasteiger partial charge on any atom is 0.232 e. The van der Waals surface area contributed by atoms with E-state index < -0.39 is 12.0 Å². The van der Waals surface area contributed by atoms with Crippen molar-refractivity contribution in [3.05, 3.63) is 60.4 Å². The van der Waals surface area contributed by atoms with Gasteiger partial charge < -0.3 is 20.5 Å². The number of ether oxygens (including phenoxy) is 1. The lowest BCUT2D eigenvalue weighted by Crippen LogP contribution is -2.46. The predicted molar refractivity (Wildman–Crippen MR) is 104 cm³/mol. The molecule has 3 aromatic rings. The molecule has 1 aromatic heterocycles. The van der Waals surface area contributed by atoms with Crippen LogP contribution in [0.1, 0.15) is 18.5 Å². The average molecular weight is 379 g/mol. The van der Waals surface area contributed by atoms with E-state index in [0.717, 1.165) is 11.3 Å². The number of nitrogens with one attached hydrogen (secondary N) is 2. The minimum absolute atomic E-state index is 0.0392. The highest BCUT2D eigenvalue weighted by molar-refractivity contribution is 5.94. The number of anilines is 2. The van der Waals surface area contributed by atoms with E-state index in [2.05, 4.69) is 20.7 Å². The molecule has 0 saturated carbocycles. The number of benzene rings is 2. The van der Waals surface area contributed by atoms with Gasteiger partial charge in [0.25, 0.3) is 0 Å². The van der Waals surface area contributed by atoms with Crippen molar-refractivity contribution >= 4 is 17.5 Å². The molecule has 0 spiro atoms. The first-order valence-corrected chi connectivity index (χ1v) is 8.97.